The van der Waals surface area contributed by atoms with Crippen LogP contribution >= 0.6 is 0 Å². The van der Waals surface area contributed by atoms with Gasteiger partial charge in [0.2, 0.25) is 0 Å². The summed E-state index contributed by atoms with van der Waals surface area (Å²) >= 11 is 0. The van der Waals surface area contributed by atoms with Gasteiger partial charge in [0.05, 0.1) is 10.5 Å². The van der Waals surface area contributed by atoms with Gasteiger partial charge in [0.1, 0.15) is 11.4 Å². The van der Waals surface area contributed by atoms with E-state index in [-0.39, 0.29) is 34.8 Å². The van der Waals surface area contributed by atoms with Crippen molar-refractivity contribution in [2.45, 2.75) is 50.0 Å². The number of fused-ring (bicyclic) bond motifs is 3. The summed E-state index contributed by atoms with van der Waals surface area (Å²) in [5, 5.41) is 22.3. The number of ether oxygens (including phenoxy) is 1. The van der Waals surface area contributed by atoms with Crippen LogP contribution in [0.3, 0.4) is 0 Å². The van der Waals surface area contributed by atoms with Gasteiger partial charge >= 0.3 is 5.97 Å². The smallest absolute Gasteiger partial charge is 0.343 e. The Morgan fingerprint density at radius 1 is 1.11 bits per heavy atom. The van der Waals surface area contributed by atoms with Crippen molar-refractivity contribution in [2.75, 3.05) is 0 Å². The molecular weight excluding hydrogens is 458 g/mol. The number of carbonyl (C=O) groups is 2. The van der Waals surface area contributed by atoms with Crippen molar-refractivity contribution in [1.29, 1.82) is 0 Å². The van der Waals surface area contributed by atoms with E-state index >= 15 is 0 Å². The molecule has 0 heterocycles. The lowest BCUT2D eigenvalue weighted by atomic mass is 9.52. The Morgan fingerprint density at radius 3 is 2.50 bits per heavy atom. The van der Waals surface area contributed by atoms with Crippen molar-refractivity contribution >= 4 is 17.4 Å². The molecular formula is C29H27NO6. The molecule has 1 N–H and O–H groups in total. The molecule has 3 aromatic carbocycles. The lowest BCUT2D eigenvalue weighted by molar-refractivity contribution is -0.384. The number of nitrogens with zero attached hydrogens (tertiary/aromatic N) is 1. The van der Waals surface area contributed by atoms with Gasteiger partial charge in [0, 0.05) is 24.0 Å². The number of Topliss-reactive ketones (excluding diaryl/α,β-unsaturated/α-hetero) is 1. The van der Waals surface area contributed by atoms with E-state index in [4.69, 9.17) is 4.74 Å². The number of rotatable bonds is 5. The SMILES string of the molecule is CC[C@@]12CC(=O)[C@](O)(c3ccccc3)C[C@H]1CCc1cc(OC(=O)c3ccc([N+](=O)[O-])cc3)ccc12. The molecule has 2 aliphatic rings. The van der Waals surface area contributed by atoms with Crippen LogP contribution in [0, 0.1) is 16.0 Å². The van der Waals surface area contributed by atoms with Crippen molar-refractivity contribution in [1.82, 2.24) is 0 Å². The summed E-state index contributed by atoms with van der Waals surface area (Å²) in [6.07, 6.45) is 2.99. The van der Waals surface area contributed by atoms with Gasteiger partial charge in [-0.15, -0.1) is 0 Å². The van der Waals surface area contributed by atoms with Gasteiger partial charge in [-0.3, -0.25) is 14.9 Å². The van der Waals surface area contributed by atoms with Gasteiger partial charge in [-0.1, -0.05) is 43.3 Å². The molecule has 5 rings (SSSR count). The summed E-state index contributed by atoms with van der Waals surface area (Å²) in [7, 11) is 0. The molecule has 0 bridgehead atoms. The fraction of sp³-hybridized carbons (Fsp3) is 0.310. The van der Waals surface area contributed by atoms with E-state index in [1.165, 1.54) is 24.3 Å². The molecule has 36 heavy (non-hydrogen) atoms. The zero-order valence-corrected chi connectivity index (χ0v) is 20.0. The molecule has 0 saturated heterocycles. The maximum atomic E-state index is 13.4. The summed E-state index contributed by atoms with van der Waals surface area (Å²) in [5.74, 6) is -0.214. The molecule has 7 heteroatoms. The van der Waals surface area contributed by atoms with Gasteiger partial charge in [-0.05, 0) is 72.6 Å². The third-order valence-corrected chi connectivity index (χ3v) is 8.04. The highest BCUT2D eigenvalue weighted by Gasteiger charge is 2.55. The van der Waals surface area contributed by atoms with E-state index in [1.54, 1.807) is 6.07 Å². The highest BCUT2D eigenvalue weighted by atomic mass is 16.6. The molecule has 1 saturated carbocycles. The number of carbonyl (C=O) groups excluding carboxylic acids is 2. The third kappa shape index (κ3) is 3.89. The second-order valence-electron chi connectivity index (χ2n) is 9.79. The third-order valence-electron chi connectivity index (χ3n) is 8.04. The Kier molecular flexibility index (Phi) is 5.96. The average Bonchev–Trinajstić information content (AvgIpc) is 2.90. The highest BCUT2D eigenvalue weighted by Crippen LogP contribution is 2.55. The molecule has 0 amide bonds. The van der Waals surface area contributed by atoms with E-state index in [1.807, 2.05) is 42.5 Å². The lowest BCUT2D eigenvalue weighted by Gasteiger charge is -2.52. The largest absolute Gasteiger partial charge is 0.423 e. The Hall–Kier alpha value is -3.84. The predicted molar refractivity (Wildman–Crippen MR) is 133 cm³/mol. The van der Waals surface area contributed by atoms with Crippen molar-refractivity contribution in [2.24, 2.45) is 5.92 Å². The Morgan fingerprint density at radius 2 is 1.83 bits per heavy atom. The molecule has 0 radical (unpaired) electrons. The number of benzene rings is 3. The second kappa shape index (κ2) is 8.99. The van der Waals surface area contributed by atoms with Crippen LogP contribution in [0.25, 0.3) is 0 Å². The minimum atomic E-state index is -1.47. The molecule has 3 atom stereocenters. The van der Waals surface area contributed by atoms with Crippen LogP contribution in [0.2, 0.25) is 0 Å². The van der Waals surface area contributed by atoms with E-state index in [9.17, 15) is 24.8 Å². The Balaban J connectivity index is 1.40. The van der Waals surface area contributed by atoms with Gasteiger partial charge < -0.3 is 9.84 Å². The molecule has 1 fully saturated rings. The van der Waals surface area contributed by atoms with Crippen LogP contribution in [0.15, 0.2) is 72.8 Å². The Bertz CT molecular complexity index is 1340. The lowest BCUT2D eigenvalue weighted by Crippen LogP contribution is -2.54. The number of ketones is 1. The van der Waals surface area contributed by atoms with Gasteiger partial charge in [0.25, 0.3) is 5.69 Å². The molecule has 7 nitrogen and oxygen atoms in total. The first kappa shape index (κ1) is 23.9. The monoisotopic (exact) mass is 485 g/mol. The van der Waals surface area contributed by atoms with Crippen LogP contribution in [0.5, 0.6) is 5.75 Å². The van der Waals surface area contributed by atoms with E-state index in [0.29, 0.717) is 17.7 Å². The van der Waals surface area contributed by atoms with Crippen molar-refractivity contribution in [3.63, 3.8) is 0 Å². The summed E-state index contributed by atoms with van der Waals surface area (Å²) in [5.41, 5.74) is 1.07. The van der Waals surface area contributed by atoms with Crippen LogP contribution in [0.4, 0.5) is 5.69 Å². The topological polar surface area (TPSA) is 107 Å². The number of aryl methyl sites for hydroxylation is 1. The molecule has 2 aliphatic carbocycles. The number of aliphatic hydroxyl groups is 1. The average molecular weight is 486 g/mol. The maximum Gasteiger partial charge on any atom is 0.343 e. The number of nitro groups is 1. The van der Waals surface area contributed by atoms with Gasteiger partial charge in [-0.25, -0.2) is 4.79 Å². The van der Waals surface area contributed by atoms with Crippen LogP contribution in [-0.2, 0) is 22.2 Å². The molecule has 0 unspecified atom stereocenters. The number of non-ortho nitro benzene ring substituents is 1. The molecule has 0 aromatic heterocycles. The summed E-state index contributed by atoms with van der Waals surface area (Å²) in [4.78, 5) is 36.3. The van der Waals surface area contributed by atoms with E-state index in [2.05, 4.69) is 6.92 Å². The van der Waals surface area contributed by atoms with Crippen LogP contribution in [0.1, 0.15) is 59.7 Å². The van der Waals surface area contributed by atoms with Gasteiger partial charge in [-0.2, -0.15) is 0 Å². The number of esters is 1. The minimum absolute atomic E-state index is 0.0964. The summed E-state index contributed by atoms with van der Waals surface area (Å²) < 4.78 is 5.57. The second-order valence-corrected chi connectivity index (χ2v) is 9.79. The van der Waals surface area contributed by atoms with Crippen molar-refractivity contribution in [3.8, 4) is 5.75 Å². The Labute approximate surface area is 208 Å². The van der Waals surface area contributed by atoms with Crippen LogP contribution < -0.4 is 4.74 Å². The first-order valence-electron chi connectivity index (χ1n) is 12.2. The van der Waals surface area contributed by atoms with Crippen LogP contribution in [-0.4, -0.2) is 21.8 Å². The molecule has 3 aromatic rings. The fourth-order valence-corrected chi connectivity index (χ4v) is 6.07. The first-order valence-corrected chi connectivity index (χ1v) is 12.2. The number of nitro benzene ring substituents is 1. The zero-order chi connectivity index (χ0) is 25.5. The maximum absolute atomic E-state index is 13.4. The molecule has 0 spiro atoms. The predicted octanol–water partition coefficient (Wildman–Crippen LogP) is 5.27. The minimum Gasteiger partial charge on any atom is -0.423 e. The quantitative estimate of drug-likeness (QED) is 0.228. The summed E-state index contributed by atoms with van der Waals surface area (Å²) in [6, 6.07) is 20.0. The molecule has 184 valence electrons. The van der Waals surface area contributed by atoms with Crippen molar-refractivity contribution < 1.29 is 24.4 Å². The van der Waals surface area contributed by atoms with Gasteiger partial charge in [0.15, 0.2) is 5.78 Å². The number of hydrogen-bond donors (Lipinski definition) is 1. The standard InChI is InChI=1S/C29H27NO6/c1-2-28-18-26(31)29(33,21-6-4-3-5-7-21)17-22(28)11-8-20-16-24(14-15-25(20)28)36-27(32)19-9-12-23(13-10-19)30(34)35/h3-7,9-10,12-16,22,33H,2,8,11,17-18H2,1H3/t22-,28-,29-/m1/s1. The fourth-order valence-electron chi connectivity index (χ4n) is 6.07. The first-order chi connectivity index (χ1) is 17.3. The van der Waals surface area contributed by atoms with E-state index < -0.39 is 16.5 Å². The number of hydrogen-bond acceptors (Lipinski definition) is 6. The van der Waals surface area contributed by atoms with E-state index in [0.717, 1.165) is 30.4 Å². The normalized spacial score (nSPS) is 24.9. The zero-order valence-electron chi connectivity index (χ0n) is 20.0. The van der Waals surface area contributed by atoms with Crippen molar-refractivity contribution in [3.05, 3.63) is 105 Å². The highest BCUT2D eigenvalue weighted by molar-refractivity contribution is 5.92. The molecule has 0 aliphatic heterocycles. The summed E-state index contributed by atoms with van der Waals surface area (Å²) in [6.45, 7) is 2.09.